The van der Waals surface area contributed by atoms with Crippen molar-refractivity contribution in [3.8, 4) is 11.8 Å². The van der Waals surface area contributed by atoms with E-state index in [4.69, 9.17) is 5.11 Å². The van der Waals surface area contributed by atoms with Crippen LogP contribution in [-0.2, 0) is 15.0 Å². The summed E-state index contributed by atoms with van der Waals surface area (Å²) in [7, 11) is 1.72. The molecule has 0 aromatic heterocycles. The Kier molecular flexibility index (Phi) is 10.2. The van der Waals surface area contributed by atoms with Crippen LogP contribution in [0.15, 0.2) is 24.3 Å². The van der Waals surface area contributed by atoms with E-state index in [0.29, 0.717) is 16.7 Å². The van der Waals surface area contributed by atoms with E-state index < -0.39 is 22.2 Å². The summed E-state index contributed by atoms with van der Waals surface area (Å²) in [6, 6.07) is 6.09. The fourth-order valence-corrected chi connectivity index (χ4v) is 3.95. The maximum absolute atomic E-state index is 12.4. The van der Waals surface area contributed by atoms with Gasteiger partial charge in [0.1, 0.15) is 0 Å². The molecular formula is C21H34N3O4S+. The second-order valence-corrected chi connectivity index (χ2v) is 9.63. The molecule has 0 bridgehead atoms. The van der Waals surface area contributed by atoms with Crippen LogP contribution in [0.25, 0.3) is 0 Å². The number of aliphatic carboxylic acids is 1. The third-order valence-electron chi connectivity index (χ3n) is 4.04. The number of benzene rings is 1. The first-order chi connectivity index (χ1) is 13.5. The molecule has 29 heavy (non-hydrogen) atoms. The first-order valence-electron chi connectivity index (χ1n) is 9.92. The molecule has 0 aliphatic carbocycles. The quantitative estimate of drug-likeness (QED) is 0.273. The number of carboxylic acids is 1. The second-order valence-electron chi connectivity index (χ2n) is 8.18. The van der Waals surface area contributed by atoms with Crippen molar-refractivity contribution in [2.75, 3.05) is 32.4 Å². The van der Waals surface area contributed by atoms with Gasteiger partial charge in [-0.1, -0.05) is 38.0 Å². The van der Waals surface area contributed by atoms with Crippen molar-refractivity contribution in [2.45, 2.75) is 51.5 Å². The number of likely N-dealkylation sites (N-methyl/N-ethyl adjacent to an activating group) is 1. The lowest BCUT2D eigenvalue weighted by Gasteiger charge is -2.29. The van der Waals surface area contributed by atoms with Gasteiger partial charge < -0.3 is 9.59 Å². The summed E-state index contributed by atoms with van der Waals surface area (Å²) >= 11 is 0. The first-order valence-corrected chi connectivity index (χ1v) is 11.4. The fourth-order valence-electron chi connectivity index (χ4n) is 2.85. The summed E-state index contributed by atoms with van der Waals surface area (Å²) in [6.45, 7) is 2.52. The van der Waals surface area contributed by atoms with Gasteiger partial charge in [0.2, 0.25) is 0 Å². The molecule has 1 aromatic carbocycles. The van der Waals surface area contributed by atoms with E-state index in [9.17, 15) is 13.2 Å². The van der Waals surface area contributed by atoms with Gasteiger partial charge in [-0.25, -0.2) is 0 Å². The van der Waals surface area contributed by atoms with Crippen LogP contribution in [-0.4, -0.2) is 57.7 Å². The molecule has 1 aromatic rings. The summed E-state index contributed by atoms with van der Waals surface area (Å²) in [6.07, 6.45) is 5.28. The largest absolute Gasteiger partial charge is 0.481 e. The molecule has 0 radical (unpaired) electrons. The molecule has 0 unspecified atom stereocenters. The first kappa shape index (κ1) is 25.0. The Balaban J connectivity index is 2.68. The average molecular weight is 425 g/mol. The molecule has 1 atom stereocenters. The molecule has 3 N–H and O–H groups in total. The molecule has 7 nitrogen and oxygen atoms in total. The predicted octanol–water partition coefficient (Wildman–Crippen LogP) is 2.80. The second kappa shape index (κ2) is 11.8. The summed E-state index contributed by atoms with van der Waals surface area (Å²) in [5.41, 5.74) is 1.22. The molecule has 0 saturated heterocycles. The van der Waals surface area contributed by atoms with Crippen LogP contribution in [0.2, 0.25) is 0 Å². The minimum atomic E-state index is -3.90. The molecule has 8 heteroatoms. The third-order valence-corrected chi connectivity index (χ3v) is 5.18. The SMILES string of the molecule is CCCCCCC#Cc1ccc(NS(=O)(=O)N[C@@H](CC(=O)O)C[N+](C)(C)C)cc1. The zero-order valence-corrected chi connectivity index (χ0v) is 18.7. The van der Waals surface area contributed by atoms with Crippen molar-refractivity contribution in [3.63, 3.8) is 0 Å². The monoisotopic (exact) mass is 424 g/mol. The number of anilines is 1. The predicted molar refractivity (Wildman–Crippen MR) is 117 cm³/mol. The topological polar surface area (TPSA) is 95.5 Å². The molecule has 0 amide bonds. The Bertz CT molecular complexity index is 803. The molecule has 0 spiro atoms. The Labute approximate surface area is 175 Å². The molecule has 0 saturated carbocycles. The number of carboxylic acid groups (broad SMARTS) is 1. The normalized spacial score (nSPS) is 12.7. The highest BCUT2D eigenvalue weighted by Crippen LogP contribution is 2.11. The standard InChI is InChI=1S/C21H33N3O4S/c1-5-6-7-8-9-10-11-18-12-14-19(15-13-18)22-29(27,28)23-20(16-21(25)26)17-24(2,3)4/h12-15,20,22-23H,5-9,16-17H2,1-4H3/p+1/t20-/m0/s1. The van der Waals surface area contributed by atoms with Crippen LogP contribution < -0.4 is 9.44 Å². The maximum Gasteiger partial charge on any atom is 0.305 e. The highest BCUT2D eigenvalue weighted by molar-refractivity contribution is 7.90. The molecular weight excluding hydrogens is 390 g/mol. The van der Waals surface area contributed by atoms with E-state index in [1.54, 1.807) is 24.3 Å². The number of hydrogen-bond donors (Lipinski definition) is 3. The highest BCUT2D eigenvalue weighted by atomic mass is 32.2. The molecule has 0 aliphatic rings. The lowest BCUT2D eigenvalue weighted by molar-refractivity contribution is -0.871. The van der Waals surface area contributed by atoms with Crippen LogP contribution in [0.1, 0.15) is 51.0 Å². The van der Waals surface area contributed by atoms with Crippen molar-refractivity contribution >= 4 is 21.9 Å². The van der Waals surface area contributed by atoms with Crippen LogP contribution >= 0.6 is 0 Å². The van der Waals surface area contributed by atoms with Crippen molar-refractivity contribution < 1.29 is 22.8 Å². The van der Waals surface area contributed by atoms with Gasteiger partial charge in [0.05, 0.1) is 40.2 Å². The molecule has 162 valence electrons. The van der Waals surface area contributed by atoms with Crippen molar-refractivity contribution in [3.05, 3.63) is 29.8 Å². The number of nitrogens with one attached hydrogen (secondary N) is 2. The van der Waals surface area contributed by atoms with Crippen molar-refractivity contribution in [1.29, 1.82) is 0 Å². The zero-order valence-electron chi connectivity index (χ0n) is 17.9. The van der Waals surface area contributed by atoms with E-state index in [0.717, 1.165) is 18.4 Å². The Morgan fingerprint density at radius 3 is 2.34 bits per heavy atom. The Morgan fingerprint density at radius 1 is 1.14 bits per heavy atom. The van der Waals surface area contributed by atoms with E-state index >= 15 is 0 Å². The van der Waals surface area contributed by atoms with Crippen LogP contribution in [0, 0.1) is 11.8 Å². The van der Waals surface area contributed by atoms with Gasteiger partial charge in [-0.15, -0.1) is 0 Å². The number of hydrogen-bond acceptors (Lipinski definition) is 3. The zero-order chi connectivity index (χ0) is 21.9. The third kappa shape index (κ3) is 12.2. The van der Waals surface area contributed by atoms with Crippen LogP contribution in [0.4, 0.5) is 5.69 Å². The Morgan fingerprint density at radius 2 is 1.79 bits per heavy atom. The van der Waals surface area contributed by atoms with Crippen molar-refractivity contribution in [2.24, 2.45) is 0 Å². The van der Waals surface area contributed by atoms with Crippen molar-refractivity contribution in [1.82, 2.24) is 4.72 Å². The van der Waals surface area contributed by atoms with Gasteiger partial charge in [0.25, 0.3) is 10.2 Å². The van der Waals surface area contributed by atoms with Gasteiger partial charge in [-0.2, -0.15) is 13.1 Å². The lowest BCUT2D eigenvalue weighted by Crippen LogP contribution is -2.50. The van der Waals surface area contributed by atoms with Gasteiger partial charge in [0, 0.05) is 17.7 Å². The van der Waals surface area contributed by atoms with E-state index in [-0.39, 0.29) is 6.42 Å². The van der Waals surface area contributed by atoms with Gasteiger partial charge >= 0.3 is 5.97 Å². The number of unbranched alkanes of at least 4 members (excludes halogenated alkanes) is 4. The summed E-state index contributed by atoms with van der Waals surface area (Å²) in [5, 5.41) is 9.05. The summed E-state index contributed by atoms with van der Waals surface area (Å²) in [4.78, 5) is 11.1. The minimum absolute atomic E-state index is 0.288. The van der Waals surface area contributed by atoms with Crippen LogP contribution in [0.5, 0.6) is 0 Å². The van der Waals surface area contributed by atoms with Gasteiger partial charge in [-0.05, 0) is 30.7 Å². The number of nitrogens with zero attached hydrogens (tertiary/aromatic N) is 1. The van der Waals surface area contributed by atoms with Crippen LogP contribution in [0.3, 0.4) is 0 Å². The molecule has 1 rings (SSSR count). The van der Waals surface area contributed by atoms with E-state index in [2.05, 4.69) is 28.2 Å². The number of carbonyl (C=O) groups is 1. The smallest absolute Gasteiger partial charge is 0.305 e. The minimum Gasteiger partial charge on any atom is -0.481 e. The lowest BCUT2D eigenvalue weighted by atomic mass is 10.1. The number of rotatable bonds is 12. The summed E-state index contributed by atoms with van der Waals surface area (Å²) < 4.78 is 30.1. The highest BCUT2D eigenvalue weighted by Gasteiger charge is 2.25. The van der Waals surface area contributed by atoms with E-state index in [1.807, 2.05) is 21.1 Å². The maximum atomic E-state index is 12.4. The molecule has 0 fully saturated rings. The average Bonchev–Trinajstić information content (AvgIpc) is 2.56. The number of quaternary nitrogens is 1. The van der Waals surface area contributed by atoms with Gasteiger partial charge in [-0.3, -0.25) is 9.52 Å². The molecule has 0 aliphatic heterocycles. The van der Waals surface area contributed by atoms with E-state index in [1.165, 1.54) is 19.3 Å². The molecule has 0 heterocycles. The van der Waals surface area contributed by atoms with Gasteiger partial charge in [0.15, 0.2) is 0 Å². The summed E-state index contributed by atoms with van der Waals surface area (Å²) in [5.74, 6) is 5.16. The Hall–Kier alpha value is -2.08. The fraction of sp³-hybridized carbons (Fsp3) is 0.571.